The summed E-state index contributed by atoms with van der Waals surface area (Å²) in [6.45, 7) is 1.62. The molecule has 0 heterocycles. The lowest BCUT2D eigenvalue weighted by Gasteiger charge is -2.33. The van der Waals surface area contributed by atoms with E-state index in [1.807, 2.05) is 91.9 Å². The molecule has 0 unspecified atom stereocenters. The topological polar surface area (TPSA) is 96.0 Å². The fourth-order valence-electron chi connectivity index (χ4n) is 4.53. The van der Waals surface area contributed by atoms with Gasteiger partial charge in [0.1, 0.15) is 24.1 Å². The van der Waals surface area contributed by atoms with Crippen LogP contribution in [0, 0.1) is 6.92 Å². The first-order valence-electron chi connectivity index (χ1n) is 13.6. The Hall–Kier alpha value is -4.63. The van der Waals surface area contributed by atoms with Gasteiger partial charge in [0.2, 0.25) is 21.8 Å². The lowest BCUT2D eigenvalue weighted by Crippen LogP contribution is -2.52. The van der Waals surface area contributed by atoms with E-state index in [2.05, 4.69) is 5.32 Å². The molecule has 0 fully saturated rings. The highest BCUT2D eigenvalue weighted by molar-refractivity contribution is 7.92. The van der Waals surface area contributed by atoms with E-state index in [4.69, 9.17) is 4.74 Å². The second kappa shape index (κ2) is 13.8. The zero-order valence-electron chi connectivity index (χ0n) is 23.9. The van der Waals surface area contributed by atoms with Crippen molar-refractivity contribution in [1.82, 2.24) is 10.2 Å². The first-order chi connectivity index (χ1) is 20.1. The van der Waals surface area contributed by atoms with E-state index < -0.39 is 28.5 Å². The van der Waals surface area contributed by atoms with Crippen LogP contribution in [0.25, 0.3) is 0 Å². The number of anilines is 1. The van der Waals surface area contributed by atoms with Crippen LogP contribution in [-0.2, 0) is 32.6 Å². The second-order valence-electron chi connectivity index (χ2n) is 10.0. The number of carbonyl (C=O) groups is 2. The fourth-order valence-corrected chi connectivity index (χ4v) is 5.38. The molecule has 42 heavy (non-hydrogen) atoms. The molecule has 0 radical (unpaired) electrons. The lowest BCUT2D eigenvalue weighted by atomic mass is 10.0. The molecule has 0 saturated heterocycles. The molecule has 4 aromatic carbocycles. The van der Waals surface area contributed by atoms with Crippen LogP contribution in [0.15, 0.2) is 109 Å². The standard InChI is InChI=1S/C33H35N3O5S/c1-25-14-16-27(17-15-25)23-35(31(33(38)34-2)22-26-10-6-4-7-11-26)32(37)24-36(42(3,39)40)28-18-20-30(21-19-28)41-29-12-8-5-9-13-29/h4-21,31H,22-24H2,1-3H3,(H,34,38)/t31-/m1/s1. The summed E-state index contributed by atoms with van der Waals surface area (Å²) in [6, 6.07) is 31.9. The van der Waals surface area contributed by atoms with Crippen LogP contribution in [0.5, 0.6) is 11.5 Å². The maximum absolute atomic E-state index is 14.0. The zero-order chi connectivity index (χ0) is 30.1. The number of sulfonamides is 1. The molecule has 0 aromatic heterocycles. The Balaban J connectivity index is 1.64. The number of amides is 2. The van der Waals surface area contributed by atoms with E-state index in [9.17, 15) is 18.0 Å². The molecule has 1 atom stereocenters. The molecular weight excluding hydrogens is 550 g/mol. The monoisotopic (exact) mass is 585 g/mol. The van der Waals surface area contributed by atoms with Crippen LogP contribution in [0.2, 0.25) is 0 Å². The van der Waals surface area contributed by atoms with Crippen LogP contribution in [0.1, 0.15) is 16.7 Å². The highest BCUT2D eigenvalue weighted by Crippen LogP contribution is 2.26. The van der Waals surface area contributed by atoms with Crippen molar-refractivity contribution in [3.8, 4) is 11.5 Å². The highest BCUT2D eigenvalue weighted by Gasteiger charge is 2.32. The summed E-state index contributed by atoms with van der Waals surface area (Å²) in [4.78, 5) is 28.7. The summed E-state index contributed by atoms with van der Waals surface area (Å²) in [7, 11) is -2.34. The largest absolute Gasteiger partial charge is 0.457 e. The van der Waals surface area contributed by atoms with Crippen molar-refractivity contribution in [3.05, 3.63) is 126 Å². The predicted molar refractivity (Wildman–Crippen MR) is 165 cm³/mol. The lowest BCUT2D eigenvalue weighted by molar-refractivity contribution is -0.139. The summed E-state index contributed by atoms with van der Waals surface area (Å²) in [6.07, 6.45) is 1.32. The Morgan fingerprint density at radius 1 is 0.786 bits per heavy atom. The van der Waals surface area contributed by atoms with Crippen LogP contribution < -0.4 is 14.4 Å². The van der Waals surface area contributed by atoms with E-state index in [1.165, 1.54) is 11.9 Å². The maximum atomic E-state index is 14.0. The van der Waals surface area contributed by atoms with Gasteiger partial charge in [-0.1, -0.05) is 78.4 Å². The molecule has 2 amide bonds. The molecule has 9 heteroatoms. The zero-order valence-corrected chi connectivity index (χ0v) is 24.8. The van der Waals surface area contributed by atoms with Crippen LogP contribution in [0.3, 0.4) is 0 Å². The number of nitrogens with one attached hydrogen (secondary N) is 1. The summed E-state index contributed by atoms with van der Waals surface area (Å²) in [5.41, 5.74) is 3.07. The third-order valence-corrected chi connectivity index (χ3v) is 7.91. The van der Waals surface area contributed by atoms with Gasteiger partial charge >= 0.3 is 0 Å². The van der Waals surface area contributed by atoms with Crippen molar-refractivity contribution >= 4 is 27.5 Å². The molecule has 0 saturated carbocycles. The van der Waals surface area contributed by atoms with Gasteiger partial charge in [-0.3, -0.25) is 13.9 Å². The number of carbonyl (C=O) groups excluding carboxylic acids is 2. The minimum absolute atomic E-state index is 0.130. The number of hydrogen-bond acceptors (Lipinski definition) is 5. The van der Waals surface area contributed by atoms with E-state index in [0.29, 0.717) is 17.2 Å². The van der Waals surface area contributed by atoms with Crippen molar-refractivity contribution in [2.75, 3.05) is 24.2 Å². The summed E-state index contributed by atoms with van der Waals surface area (Å²) < 4.78 is 32.8. The molecular formula is C33H35N3O5S. The molecule has 0 aliphatic heterocycles. The summed E-state index contributed by atoms with van der Waals surface area (Å²) in [5.74, 6) is 0.321. The number of hydrogen-bond donors (Lipinski definition) is 1. The number of likely N-dealkylation sites (N-methyl/N-ethyl adjacent to an activating group) is 1. The molecule has 4 aromatic rings. The second-order valence-corrected chi connectivity index (χ2v) is 11.9. The van der Waals surface area contributed by atoms with E-state index >= 15 is 0 Å². The fraction of sp³-hybridized carbons (Fsp3) is 0.212. The van der Waals surface area contributed by atoms with Crippen molar-refractivity contribution < 1.29 is 22.7 Å². The van der Waals surface area contributed by atoms with Crippen LogP contribution in [-0.4, -0.2) is 51.0 Å². The molecule has 4 rings (SSSR count). The van der Waals surface area contributed by atoms with Crippen molar-refractivity contribution in [2.24, 2.45) is 0 Å². The third-order valence-electron chi connectivity index (χ3n) is 6.77. The molecule has 0 aliphatic carbocycles. The van der Waals surface area contributed by atoms with Gasteiger partial charge in [0.15, 0.2) is 0 Å². The molecule has 0 aliphatic rings. The van der Waals surface area contributed by atoms with Crippen molar-refractivity contribution in [2.45, 2.75) is 25.9 Å². The Labute approximate surface area is 247 Å². The molecule has 218 valence electrons. The Morgan fingerprint density at radius 3 is 1.93 bits per heavy atom. The predicted octanol–water partition coefficient (Wildman–Crippen LogP) is 4.94. The minimum atomic E-state index is -3.86. The van der Waals surface area contributed by atoms with Gasteiger partial charge in [0.05, 0.1) is 11.9 Å². The summed E-state index contributed by atoms with van der Waals surface area (Å²) in [5, 5.41) is 2.68. The molecule has 0 bridgehead atoms. The number of rotatable bonds is 12. The van der Waals surface area contributed by atoms with E-state index in [1.54, 1.807) is 24.3 Å². The van der Waals surface area contributed by atoms with E-state index in [-0.39, 0.29) is 18.9 Å². The third kappa shape index (κ3) is 8.20. The average molecular weight is 586 g/mol. The van der Waals surface area contributed by atoms with Crippen molar-refractivity contribution in [1.29, 1.82) is 0 Å². The van der Waals surface area contributed by atoms with Gasteiger partial charge in [-0.05, 0) is 54.4 Å². The van der Waals surface area contributed by atoms with E-state index in [0.717, 1.165) is 27.3 Å². The average Bonchev–Trinajstić information content (AvgIpc) is 2.99. The van der Waals surface area contributed by atoms with Gasteiger partial charge in [-0.2, -0.15) is 0 Å². The van der Waals surface area contributed by atoms with Gasteiger partial charge < -0.3 is 15.0 Å². The van der Waals surface area contributed by atoms with Gasteiger partial charge in [0, 0.05) is 20.0 Å². The Bertz CT molecular complexity index is 1580. The number of para-hydroxylation sites is 1. The number of ether oxygens (including phenoxy) is 1. The first-order valence-corrected chi connectivity index (χ1v) is 15.4. The first kappa shape index (κ1) is 30.3. The van der Waals surface area contributed by atoms with Gasteiger partial charge in [-0.15, -0.1) is 0 Å². The van der Waals surface area contributed by atoms with Crippen molar-refractivity contribution in [3.63, 3.8) is 0 Å². The number of benzene rings is 4. The number of aryl methyl sites for hydroxylation is 1. The minimum Gasteiger partial charge on any atom is -0.457 e. The van der Waals surface area contributed by atoms with Crippen LogP contribution >= 0.6 is 0 Å². The quantitative estimate of drug-likeness (QED) is 0.254. The normalized spacial score (nSPS) is 11.8. The number of nitrogens with zero attached hydrogens (tertiary/aromatic N) is 2. The smallest absolute Gasteiger partial charge is 0.244 e. The summed E-state index contributed by atoms with van der Waals surface area (Å²) >= 11 is 0. The molecule has 1 N–H and O–H groups in total. The molecule has 8 nitrogen and oxygen atoms in total. The highest BCUT2D eigenvalue weighted by atomic mass is 32.2. The SMILES string of the molecule is CNC(=O)[C@@H](Cc1ccccc1)N(Cc1ccc(C)cc1)C(=O)CN(c1ccc(Oc2ccccc2)cc1)S(C)(=O)=O. The van der Waals surface area contributed by atoms with Gasteiger partial charge in [-0.25, -0.2) is 8.42 Å². The Kier molecular flexibility index (Phi) is 9.98. The molecule has 0 spiro atoms. The maximum Gasteiger partial charge on any atom is 0.244 e. The van der Waals surface area contributed by atoms with Crippen LogP contribution in [0.4, 0.5) is 5.69 Å². The Morgan fingerprint density at radius 2 is 1.36 bits per heavy atom. The van der Waals surface area contributed by atoms with Gasteiger partial charge in [0.25, 0.3) is 0 Å².